The van der Waals surface area contributed by atoms with E-state index in [1.165, 1.54) is 0 Å². The van der Waals surface area contributed by atoms with Gasteiger partial charge in [-0.2, -0.15) is 5.10 Å². The number of nitrogen functional groups attached to an aromatic ring is 1. The molecule has 0 bridgehead atoms. The number of hydrogen-bond acceptors (Lipinski definition) is 5. The van der Waals surface area contributed by atoms with Crippen LogP contribution in [-0.4, -0.2) is 44.4 Å². The molecule has 1 saturated carbocycles. The zero-order chi connectivity index (χ0) is 24.8. The number of fused-ring (bicyclic) bond motifs is 2. The average molecular weight is 479 g/mol. The highest BCUT2D eigenvalue weighted by molar-refractivity contribution is 6.01. The predicted molar refractivity (Wildman–Crippen MR) is 145 cm³/mol. The van der Waals surface area contributed by atoms with Crippen LogP contribution in [0, 0.1) is 0 Å². The Labute approximate surface area is 209 Å². The van der Waals surface area contributed by atoms with Gasteiger partial charge in [0.2, 0.25) is 0 Å². The number of aromatic nitrogens is 4. The van der Waals surface area contributed by atoms with Crippen molar-refractivity contribution in [3.8, 4) is 16.9 Å². The Kier molecular flexibility index (Phi) is 5.57. The maximum atomic E-state index is 13.5. The summed E-state index contributed by atoms with van der Waals surface area (Å²) in [6, 6.07) is 20.5. The normalized spacial score (nSPS) is 18.3. The lowest BCUT2D eigenvalue weighted by Crippen LogP contribution is -2.33. The Morgan fingerprint density at radius 2 is 1.75 bits per heavy atom. The molecule has 1 aliphatic carbocycles. The molecule has 36 heavy (non-hydrogen) atoms. The molecule has 0 spiro atoms. The van der Waals surface area contributed by atoms with Crippen molar-refractivity contribution in [2.75, 3.05) is 19.8 Å². The molecule has 0 aliphatic heterocycles. The van der Waals surface area contributed by atoms with E-state index < -0.39 is 0 Å². The summed E-state index contributed by atoms with van der Waals surface area (Å²) in [5, 5.41) is 7.50. The Bertz CT molecular complexity index is 1610. The fourth-order valence-electron chi connectivity index (χ4n) is 5.59. The van der Waals surface area contributed by atoms with Crippen molar-refractivity contribution in [3.63, 3.8) is 0 Å². The molecular formula is C29H30N6O. The quantitative estimate of drug-likeness (QED) is 0.392. The van der Waals surface area contributed by atoms with Gasteiger partial charge in [0.25, 0.3) is 5.56 Å². The van der Waals surface area contributed by atoms with E-state index in [4.69, 9.17) is 10.8 Å². The van der Waals surface area contributed by atoms with Crippen LogP contribution in [0.5, 0.6) is 0 Å². The van der Waals surface area contributed by atoms with Crippen molar-refractivity contribution in [2.24, 2.45) is 0 Å². The van der Waals surface area contributed by atoms with Gasteiger partial charge in [0.05, 0.1) is 16.9 Å². The van der Waals surface area contributed by atoms with Gasteiger partial charge in [0, 0.05) is 35.1 Å². The number of para-hydroxylation sites is 1. The van der Waals surface area contributed by atoms with Crippen molar-refractivity contribution in [3.05, 3.63) is 83.4 Å². The van der Waals surface area contributed by atoms with Crippen molar-refractivity contribution >= 4 is 27.5 Å². The Hall–Kier alpha value is -3.97. The monoisotopic (exact) mass is 478 g/mol. The van der Waals surface area contributed by atoms with Gasteiger partial charge in [0.1, 0.15) is 11.5 Å². The van der Waals surface area contributed by atoms with Crippen LogP contribution in [-0.2, 0) is 0 Å². The van der Waals surface area contributed by atoms with Crippen LogP contribution in [0.3, 0.4) is 0 Å². The lowest BCUT2D eigenvalue weighted by molar-refractivity contribution is 0.191. The van der Waals surface area contributed by atoms with Gasteiger partial charge in [-0.15, -0.1) is 0 Å². The molecule has 2 aromatic carbocycles. The molecule has 1 fully saturated rings. The topological polar surface area (TPSA) is 82.0 Å². The molecule has 0 amide bonds. The summed E-state index contributed by atoms with van der Waals surface area (Å²) in [5.41, 5.74) is 9.84. The first-order valence-corrected chi connectivity index (χ1v) is 12.5. The zero-order valence-corrected chi connectivity index (χ0v) is 20.6. The van der Waals surface area contributed by atoms with Gasteiger partial charge < -0.3 is 10.6 Å². The second-order valence-corrected chi connectivity index (χ2v) is 9.94. The van der Waals surface area contributed by atoms with Gasteiger partial charge in [-0.05, 0) is 75.5 Å². The number of pyridine rings is 2. The third-order valence-corrected chi connectivity index (χ3v) is 7.61. The van der Waals surface area contributed by atoms with E-state index in [2.05, 4.69) is 28.7 Å². The summed E-state index contributed by atoms with van der Waals surface area (Å²) in [6.45, 7) is 0. The second kappa shape index (κ2) is 8.91. The zero-order valence-electron chi connectivity index (χ0n) is 20.6. The number of anilines is 1. The van der Waals surface area contributed by atoms with Crippen molar-refractivity contribution in [1.82, 2.24) is 24.2 Å². The predicted octanol–water partition coefficient (Wildman–Crippen LogP) is 5.03. The molecule has 7 heteroatoms. The highest BCUT2D eigenvalue weighted by atomic mass is 16.1. The molecule has 0 saturated heterocycles. The smallest absolute Gasteiger partial charge is 0.262 e. The van der Waals surface area contributed by atoms with Crippen molar-refractivity contribution in [2.45, 2.75) is 37.8 Å². The SMILES string of the molecule is CN(C)C1CCC(n2nc(-c3ccc4ccn(-c5ccccc5)c(=O)c4c3)c3c(N)nccc32)CC1. The van der Waals surface area contributed by atoms with Crippen molar-refractivity contribution in [1.29, 1.82) is 0 Å². The van der Waals surface area contributed by atoms with E-state index in [0.717, 1.165) is 58.9 Å². The summed E-state index contributed by atoms with van der Waals surface area (Å²) in [5.74, 6) is 0.464. The molecule has 3 heterocycles. The van der Waals surface area contributed by atoms with Crippen LogP contribution in [0.4, 0.5) is 5.82 Å². The third kappa shape index (κ3) is 3.76. The van der Waals surface area contributed by atoms with Gasteiger partial charge in [-0.3, -0.25) is 14.0 Å². The van der Waals surface area contributed by atoms with Crippen LogP contribution < -0.4 is 11.3 Å². The first-order chi connectivity index (χ1) is 17.5. The first kappa shape index (κ1) is 22.5. The molecular weight excluding hydrogens is 448 g/mol. The molecule has 182 valence electrons. The fourth-order valence-corrected chi connectivity index (χ4v) is 5.59. The standard InChI is InChI=1S/C29H30N6O/c1-33(2)21-10-12-23(13-11-21)35-25-14-16-31-28(30)26(25)27(32-35)20-9-8-19-15-17-34(29(36)24(19)18-20)22-6-4-3-5-7-22/h3-9,14-18,21,23H,10-13H2,1-2H3,(H2,30,31). The Morgan fingerprint density at radius 1 is 0.972 bits per heavy atom. The number of rotatable bonds is 4. The van der Waals surface area contributed by atoms with Gasteiger partial charge in [-0.25, -0.2) is 4.98 Å². The number of nitrogens with two attached hydrogens (primary N) is 1. The number of hydrogen-bond donors (Lipinski definition) is 1. The third-order valence-electron chi connectivity index (χ3n) is 7.61. The summed E-state index contributed by atoms with van der Waals surface area (Å²) in [7, 11) is 4.31. The number of benzene rings is 2. The highest BCUT2D eigenvalue weighted by Gasteiger charge is 2.27. The van der Waals surface area contributed by atoms with Crippen LogP contribution in [0.25, 0.3) is 38.6 Å². The Balaban J connectivity index is 1.48. The van der Waals surface area contributed by atoms with Gasteiger partial charge in [-0.1, -0.05) is 30.3 Å². The molecule has 1 aliphatic rings. The summed E-state index contributed by atoms with van der Waals surface area (Å²) in [6.07, 6.45) is 8.01. The highest BCUT2D eigenvalue weighted by Crippen LogP contribution is 2.37. The minimum Gasteiger partial charge on any atom is -0.383 e. The van der Waals surface area contributed by atoms with Gasteiger partial charge >= 0.3 is 0 Å². The van der Waals surface area contributed by atoms with E-state index in [9.17, 15) is 4.79 Å². The van der Waals surface area contributed by atoms with Crippen LogP contribution in [0.2, 0.25) is 0 Å². The molecule has 0 radical (unpaired) electrons. The van der Waals surface area contributed by atoms with Gasteiger partial charge in [0.15, 0.2) is 0 Å². The molecule has 3 aromatic heterocycles. The molecule has 6 rings (SSSR count). The Morgan fingerprint density at radius 3 is 2.50 bits per heavy atom. The van der Waals surface area contributed by atoms with E-state index in [1.807, 2.05) is 66.9 Å². The number of nitrogens with zero attached hydrogens (tertiary/aromatic N) is 5. The maximum absolute atomic E-state index is 13.5. The molecule has 2 N–H and O–H groups in total. The molecule has 5 aromatic rings. The van der Waals surface area contributed by atoms with E-state index in [0.29, 0.717) is 23.3 Å². The van der Waals surface area contributed by atoms with Crippen LogP contribution in [0.1, 0.15) is 31.7 Å². The summed E-state index contributed by atoms with van der Waals surface area (Å²) in [4.78, 5) is 20.2. The maximum Gasteiger partial charge on any atom is 0.262 e. The summed E-state index contributed by atoms with van der Waals surface area (Å²) < 4.78 is 3.83. The molecule has 7 nitrogen and oxygen atoms in total. The largest absolute Gasteiger partial charge is 0.383 e. The second-order valence-electron chi connectivity index (χ2n) is 9.94. The van der Waals surface area contributed by atoms with E-state index >= 15 is 0 Å². The lowest BCUT2D eigenvalue weighted by atomic mass is 9.90. The minimum absolute atomic E-state index is 0.0580. The van der Waals surface area contributed by atoms with E-state index in [1.54, 1.807) is 10.8 Å². The van der Waals surface area contributed by atoms with Crippen LogP contribution in [0.15, 0.2) is 77.9 Å². The van der Waals surface area contributed by atoms with Crippen molar-refractivity contribution < 1.29 is 0 Å². The minimum atomic E-state index is -0.0580. The average Bonchev–Trinajstić information content (AvgIpc) is 3.30. The fraction of sp³-hybridized carbons (Fsp3) is 0.276. The molecule has 0 atom stereocenters. The van der Waals surface area contributed by atoms with Crippen LogP contribution >= 0.6 is 0 Å². The first-order valence-electron chi connectivity index (χ1n) is 12.5. The molecule has 0 unspecified atom stereocenters. The van der Waals surface area contributed by atoms with E-state index in [-0.39, 0.29) is 5.56 Å². The summed E-state index contributed by atoms with van der Waals surface area (Å²) >= 11 is 0. The lowest BCUT2D eigenvalue weighted by Gasteiger charge is -2.33.